The first-order valence-corrected chi connectivity index (χ1v) is 16.3. The fraction of sp³-hybridized carbons (Fsp3) is 0.333. The quantitative estimate of drug-likeness (QED) is 0.338. The largest absolute Gasteiger partial charge is 0.413 e. The summed E-state index contributed by atoms with van der Waals surface area (Å²) in [5.74, 6) is 0. The predicted molar refractivity (Wildman–Crippen MR) is 126 cm³/mol. The van der Waals surface area contributed by atoms with Gasteiger partial charge in [0.15, 0.2) is 13.3 Å². The molecular formula is C21H26ClNO5S2Si. The third-order valence-corrected chi connectivity index (χ3v) is 13.3. The van der Waals surface area contributed by atoms with Crippen molar-refractivity contribution < 1.29 is 21.3 Å². The zero-order valence-electron chi connectivity index (χ0n) is 18.1. The summed E-state index contributed by atoms with van der Waals surface area (Å²) in [7, 11) is -4.94. The van der Waals surface area contributed by atoms with Crippen LogP contribution in [-0.4, -0.2) is 29.1 Å². The maximum absolute atomic E-state index is 13.4. The van der Waals surface area contributed by atoms with Crippen molar-refractivity contribution in [2.24, 2.45) is 0 Å². The Balaban J connectivity index is 2.17. The van der Waals surface area contributed by atoms with Crippen LogP contribution in [0.25, 0.3) is 10.9 Å². The zero-order chi connectivity index (χ0) is 23.2. The van der Waals surface area contributed by atoms with Gasteiger partial charge in [0, 0.05) is 16.1 Å². The van der Waals surface area contributed by atoms with E-state index in [0.29, 0.717) is 12.0 Å². The van der Waals surface area contributed by atoms with Crippen molar-refractivity contribution in [3.05, 3.63) is 60.2 Å². The summed E-state index contributed by atoms with van der Waals surface area (Å²) < 4.78 is 58.2. The monoisotopic (exact) mass is 499 g/mol. The second-order valence-electron chi connectivity index (χ2n) is 8.95. The highest BCUT2D eigenvalue weighted by atomic mass is 35.7. The molecule has 0 saturated heterocycles. The van der Waals surface area contributed by atoms with Crippen LogP contribution in [0.2, 0.25) is 18.1 Å². The summed E-state index contributed by atoms with van der Waals surface area (Å²) in [4.78, 5) is -0.0306. The minimum atomic E-state index is -4.32. The van der Waals surface area contributed by atoms with Crippen LogP contribution in [0.4, 0.5) is 0 Å². The molecule has 31 heavy (non-hydrogen) atoms. The molecule has 0 aliphatic heterocycles. The van der Waals surface area contributed by atoms with E-state index in [0.717, 1.165) is 9.54 Å². The Kier molecular flexibility index (Phi) is 6.22. The number of hydrogen-bond donors (Lipinski definition) is 0. The van der Waals surface area contributed by atoms with Gasteiger partial charge in [0.2, 0.25) is 0 Å². The van der Waals surface area contributed by atoms with Crippen LogP contribution in [0.3, 0.4) is 0 Å². The Hall–Kier alpha value is -1.65. The van der Waals surface area contributed by atoms with Gasteiger partial charge in [-0.1, -0.05) is 51.1 Å². The molecule has 3 aromatic rings. The highest BCUT2D eigenvalue weighted by Crippen LogP contribution is 2.37. The van der Waals surface area contributed by atoms with Crippen molar-refractivity contribution >= 4 is 49.0 Å². The van der Waals surface area contributed by atoms with Gasteiger partial charge in [-0.15, -0.1) is 0 Å². The van der Waals surface area contributed by atoms with E-state index in [4.69, 9.17) is 15.1 Å². The van der Waals surface area contributed by atoms with Crippen molar-refractivity contribution in [1.29, 1.82) is 0 Å². The number of fused-ring (bicyclic) bond motifs is 1. The average molecular weight is 500 g/mol. The maximum atomic E-state index is 13.4. The lowest BCUT2D eigenvalue weighted by Gasteiger charge is -2.36. The van der Waals surface area contributed by atoms with Crippen molar-refractivity contribution in [3.8, 4) is 0 Å². The highest BCUT2D eigenvalue weighted by molar-refractivity contribution is 8.14. The molecule has 168 valence electrons. The van der Waals surface area contributed by atoms with E-state index < -0.39 is 32.4 Å². The van der Waals surface area contributed by atoms with Gasteiger partial charge in [-0.05, 0) is 48.0 Å². The van der Waals surface area contributed by atoms with Gasteiger partial charge in [-0.2, -0.15) is 0 Å². The van der Waals surface area contributed by atoms with Gasteiger partial charge in [-0.25, -0.2) is 20.8 Å². The van der Waals surface area contributed by atoms with Gasteiger partial charge >= 0.3 is 0 Å². The van der Waals surface area contributed by atoms with E-state index in [2.05, 4.69) is 33.9 Å². The lowest BCUT2D eigenvalue weighted by Crippen LogP contribution is -2.40. The first-order valence-electron chi connectivity index (χ1n) is 9.68. The van der Waals surface area contributed by atoms with Crippen molar-refractivity contribution in [2.75, 3.05) is 0 Å². The van der Waals surface area contributed by atoms with Crippen molar-refractivity contribution in [3.63, 3.8) is 0 Å². The molecule has 0 fully saturated rings. The molecule has 1 aromatic heterocycles. The van der Waals surface area contributed by atoms with E-state index >= 15 is 0 Å². The number of benzene rings is 2. The molecule has 0 radical (unpaired) electrons. The van der Waals surface area contributed by atoms with E-state index in [1.807, 2.05) is 0 Å². The molecule has 0 N–H and O–H groups in total. The molecule has 2 aromatic carbocycles. The molecule has 0 spiro atoms. The normalized spacial score (nSPS) is 13.6. The number of nitrogens with zero attached hydrogens (tertiary/aromatic N) is 1. The molecule has 0 amide bonds. The number of halogens is 1. The van der Waals surface area contributed by atoms with E-state index in [-0.39, 0.29) is 15.5 Å². The molecular weight excluding hydrogens is 474 g/mol. The molecule has 0 aliphatic rings. The molecule has 10 heteroatoms. The zero-order valence-corrected chi connectivity index (χ0v) is 21.5. The van der Waals surface area contributed by atoms with Gasteiger partial charge < -0.3 is 4.43 Å². The van der Waals surface area contributed by atoms with Crippen LogP contribution in [-0.2, 0) is 30.1 Å². The second kappa shape index (κ2) is 8.04. The van der Waals surface area contributed by atoms with Gasteiger partial charge in [0.05, 0.1) is 17.0 Å². The Morgan fingerprint density at radius 3 is 2.13 bits per heavy atom. The summed E-state index contributed by atoms with van der Waals surface area (Å²) in [6, 6.07) is 14.1. The maximum Gasteiger partial charge on any atom is 0.277 e. The minimum absolute atomic E-state index is 0.0217. The summed E-state index contributed by atoms with van der Waals surface area (Å²) in [5, 5.41) is -0.0151. The van der Waals surface area contributed by atoms with Crippen molar-refractivity contribution in [2.45, 2.75) is 55.4 Å². The molecule has 0 atom stereocenters. The molecule has 0 bridgehead atoms. The van der Waals surface area contributed by atoms with Crippen LogP contribution in [0.1, 0.15) is 26.3 Å². The number of aromatic nitrogens is 1. The number of rotatable bonds is 6. The standard InChI is InChI=1S/C21H26ClNO5S2Si/c1-21(2,3)31(4,5)28-15-16-11-12-17-14-20(29(22,24)25)23(19(17)13-16)30(26,27)18-9-7-6-8-10-18/h6-14H,15H2,1-5H3. The molecule has 1 heterocycles. The Morgan fingerprint density at radius 2 is 1.58 bits per heavy atom. The van der Waals surface area contributed by atoms with E-state index in [9.17, 15) is 16.8 Å². The average Bonchev–Trinajstić information content (AvgIpc) is 3.06. The Labute approximate surface area is 189 Å². The molecule has 0 saturated carbocycles. The third-order valence-electron chi connectivity index (χ3n) is 5.73. The van der Waals surface area contributed by atoms with E-state index in [1.165, 1.54) is 18.2 Å². The smallest absolute Gasteiger partial charge is 0.277 e. The van der Waals surface area contributed by atoms with Crippen LogP contribution in [0, 0.1) is 0 Å². The van der Waals surface area contributed by atoms with Crippen LogP contribution < -0.4 is 0 Å². The number of hydrogen-bond acceptors (Lipinski definition) is 5. The van der Waals surface area contributed by atoms with Crippen molar-refractivity contribution in [1.82, 2.24) is 3.97 Å². The third kappa shape index (κ3) is 4.75. The van der Waals surface area contributed by atoms with Crippen LogP contribution in [0.15, 0.2) is 64.5 Å². The summed E-state index contributed by atoms with van der Waals surface area (Å²) in [6.07, 6.45) is 0. The van der Waals surface area contributed by atoms with Crippen LogP contribution >= 0.6 is 10.7 Å². The first-order chi connectivity index (χ1) is 14.1. The highest BCUT2D eigenvalue weighted by Gasteiger charge is 2.37. The fourth-order valence-electron chi connectivity index (χ4n) is 2.88. The summed E-state index contributed by atoms with van der Waals surface area (Å²) in [6.45, 7) is 11.0. The predicted octanol–water partition coefficient (Wildman–Crippen LogP) is 5.33. The summed E-state index contributed by atoms with van der Waals surface area (Å²) >= 11 is 0. The minimum Gasteiger partial charge on any atom is -0.413 e. The lowest BCUT2D eigenvalue weighted by atomic mass is 10.2. The summed E-state index contributed by atoms with van der Waals surface area (Å²) in [5.41, 5.74) is 0.984. The molecule has 6 nitrogen and oxygen atoms in total. The first kappa shape index (κ1) is 24.0. The molecule has 3 rings (SSSR count). The van der Waals surface area contributed by atoms with Gasteiger partial charge in [0.25, 0.3) is 19.1 Å². The lowest BCUT2D eigenvalue weighted by molar-refractivity contribution is 0.276. The van der Waals surface area contributed by atoms with E-state index in [1.54, 1.807) is 36.4 Å². The second-order valence-corrected chi connectivity index (χ2v) is 18.1. The van der Waals surface area contributed by atoms with Gasteiger partial charge in [0.1, 0.15) is 0 Å². The Morgan fingerprint density at radius 1 is 0.968 bits per heavy atom. The van der Waals surface area contributed by atoms with Crippen LogP contribution in [0.5, 0.6) is 0 Å². The Bertz CT molecular complexity index is 1330. The fourth-order valence-corrected chi connectivity index (χ4v) is 6.88. The molecule has 0 unspecified atom stereocenters. The van der Waals surface area contributed by atoms with Gasteiger partial charge in [-0.3, -0.25) is 0 Å². The topological polar surface area (TPSA) is 82.4 Å². The SMILES string of the molecule is CC(C)(C)[Si](C)(C)OCc1ccc2cc(S(=O)(=O)Cl)n(S(=O)(=O)c3ccccc3)c2c1. The molecule has 0 aliphatic carbocycles.